The zero-order valence-electron chi connectivity index (χ0n) is 14.0. The van der Waals surface area contributed by atoms with Gasteiger partial charge in [0.25, 0.3) is 5.91 Å². The molecule has 0 aliphatic carbocycles. The van der Waals surface area contributed by atoms with Crippen LogP contribution in [0.15, 0.2) is 42.5 Å². The Morgan fingerprint density at radius 3 is 2.14 bits per heavy atom. The molecular formula is C18H12F6N2O2. The number of rotatable bonds is 5. The summed E-state index contributed by atoms with van der Waals surface area (Å²) in [5.41, 5.74) is -2.12. The first kappa shape index (κ1) is 21.1. The van der Waals surface area contributed by atoms with Crippen molar-refractivity contribution >= 4 is 5.91 Å². The third kappa shape index (κ3) is 5.90. The molecule has 10 heteroatoms. The molecule has 0 spiro atoms. The standard InChI is InChI=1S/C18H12F6N2O2/c19-17(20,21)13-5-14(18(22,23)24)7-15(6-13)28-10-16(27)26-9-12-3-1-2-11(4-12)8-25/h1-7H,9-10H2,(H,26,27). The quantitative estimate of drug-likeness (QED) is 0.759. The van der Waals surface area contributed by atoms with Gasteiger partial charge in [0.1, 0.15) is 5.75 Å². The summed E-state index contributed by atoms with van der Waals surface area (Å²) in [5.74, 6) is -1.49. The van der Waals surface area contributed by atoms with Crippen LogP contribution in [0.1, 0.15) is 22.3 Å². The average molecular weight is 402 g/mol. The molecular weight excluding hydrogens is 390 g/mol. The van der Waals surface area contributed by atoms with Gasteiger partial charge in [-0.25, -0.2) is 0 Å². The van der Waals surface area contributed by atoms with Gasteiger partial charge in [-0.05, 0) is 35.9 Å². The molecule has 4 nitrogen and oxygen atoms in total. The number of nitrogens with one attached hydrogen (secondary N) is 1. The van der Waals surface area contributed by atoms with Crippen LogP contribution in [0.2, 0.25) is 0 Å². The number of alkyl halides is 6. The minimum atomic E-state index is -5.01. The Morgan fingerprint density at radius 2 is 1.61 bits per heavy atom. The molecule has 2 aromatic carbocycles. The lowest BCUT2D eigenvalue weighted by atomic mass is 10.1. The molecule has 0 saturated carbocycles. The van der Waals surface area contributed by atoms with Crippen LogP contribution in [0, 0.1) is 11.3 Å². The summed E-state index contributed by atoms with van der Waals surface area (Å²) < 4.78 is 81.5. The smallest absolute Gasteiger partial charge is 0.416 e. The van der Waals surface area contributed by atoms with Crippen molar-refractivity contribution in [2.24, 2.45) is 0 Å². The van der Waals surface area contributed by atoms with Crippen LogP contribution in [-0.4, -0.2) is 12.5 Å². The highest BCUT2D eigenvalue weighted by molar-refractivity contribution is 5.77. The van der Waals surface area contributed by atoms with E-state index >= 15 is 0 Å². The van der Waals surface area contributed by atoms with Crippen LogP contribution in [0.3, 0.4) is 0 Å². The molecule has 0 aliphatic rings. The zero-order chi connectivity index (χ0) is 20.9. The summed E-state index contributed by atoms with van der Waals surface area (Å²) >= 11 is 0. The molecule has 28 heavy (non-hydrogen) atoms. The van der Waals surface area contributed by atoms with Crippen molar-refractivity contribution in [1.29, 1.82) is 5.26 Å². The Bertz CT molecular complexity index is 868. The van der Waals surface area contributed by atoms with E-state index in [0.29, 0.717) is 23.3 Å². The summed E-state index contributed by atoms with van der Waals surface area (Å²) in [6, 6.07) is 8.96. The van der Waals surface area contributed by atoms with E-state index < -0.39 is 41.7 Å². The van der Waals surface area contributed by atoms with E-state index in [0.717, 1.165) is 0 Å². The fourth-order valence-electron chi connectivity index (χ4n) is 2.16. The molecule has 148 valence electrons. The van der Waals surface area contributed by atoms with E-state index in [1.54, 1.807) is 18.2 Å². The summed E-state index contributed by atoms with van der Waals surface area (Å²) in [5, 5.41) is 11.2. The molecule has 0 saturated heterocycles. The van der Waals surface area contributed by atoms with Crippen molar-refractivity contribution in [1.82, 2.24) is 5.32 Å². The molecule has 0 heterocycles. The number of benzene rings is 2. The number of amides is 1. The van der Waals surface area contributed by atoms with Gasteiger partial charge in [-0.1, -0.05) is 12.1 Å². The van der Waals surface area contributed by atoms with E-state index in [1.807, 2.05) is 6.07 Å². The first-order valence-corrected chi connectivity index (χ1v) is 7.67. The topological polar surface area (TPSA) is 62.1 Å². The lowest BCUT2D eigenvalue weighted by Gasteiger charge is -2.14. The monoisotopic (exact) mass is 402 g/mol. The van der Waals surface area contributed by atoms with Gasteiger partial charge in [-0.15, -0.1) is 0 Å². The van der Waals surface area contributed by atoms with Crippen molar-refractivity contribution < 1.29 is 35.9 Å². The third-order valence-corrected chi connectivity index (χ3v) is 3.48. The minimum Gasteiger partial charge on any atom is -0.484 e. The van der Waals surface area contributed by atoms with Crippen LogP contribution in [0.25, 0.3) is 0 Å². The molecule has 2 rings (SSSR count). The number of hydrogen-bond donors (Lipinski definition) is 1. The Kier molecular flexibility index (Phi) is 6.18. The van der Waals surface area contributed by atoms with E-state index in [-0.39, 0.29) is 12.6 Å². The van der Waals surface area contributed by atoms with Crippen molar-refractivity contribution in [3.05, 3.63) is 64.7 Å². The number of ether oxygens (including phenoxy) is 1. The molecule has 0 unspecified atom stereocenters. The van der Waals surface area contributed by atoms with Crippen LogP contribution in [0.4, 0.5) is 26.3 Å². The molecule has 2 aromatic rings. The van der Waals surface area contributed by atoms with Gasteiger partial charge in [0.05, 0.1) is 22.8 Å². The maximum absolute atomic E-state index is 12.8. The number of nitrogens with zero attached hydrogens (tertiary/aromatic N) is 1. The van der Waals surface area contributed by atoms with Crippen LogP contribution in [0.5, 0.6) is 5.75 Å². The predicted octanol–water partition coefficient (Wildman–Crippen LogP) is 4.29. The second kappa shape index (κ2) is 8.21. The van der Waals surface area contributed by atoms with Gasteiger partial charge >= 0.3 is 12.4 Å². The highest BCUT2D eigenvalue weighted by Gasteiger charge is 2.37. The first-order valence-electron chi connectivity index (χ1n) is 7.67. The number of carbonyl (C=O) groups excluding carboxylic acids is 1. The highest BCUT2D eigenvalue weighted by Crippen LogP contribution is 2.38. The van der Waals surface area contributed by atoms with Crippen molar-refractivity contribution in [3.63, 3.8) is 0 Å². The number of nitriles is 1. The highest BCUT2D eigenvalue weighted by atomic mass is 19.4. The Balaban J connectivity index is 2.04. The lowest BCUT2D eigenvalue weighted by molar-refractivity contribution is -0.143. The zero-order valence-corrected chi connectivity index (χ0v) is 14.0. The number of carbonyl (C=O) groups is 1. The molecule has 0 fully saturated rings. The van der Waals surface area contributed by atoms with Crippen molar-refractivity contribution in [3.8, 4) is 11.8 Å². The fourth-order valence-corrected chi connectivity index (χ4v) is 2.16. The van der Waals surface area contributed by atoms with Gasteiger partial charge in [0, 0.05) is 6.54 Å². The molecule has 0 aromatic heterocycles. The minimum absolute atomic E-state index is 0.00804. The van der Waals surface area contributed by atoms with Crippen LogP contribution < -0.4 is 10.1 Å². The Morgan fingerprint density at radius 1 is 1.00 bits per heavy atom. The van der Waals surface area contributed by atoms with Crippen molar-refractivity contribution in [2.75, 3.05) is 6.61 Å². The Labute approximate surface area is 155 Å². The van der Waals surface area contributed by atoms with Crippen molar-refractivity contribution in [2.45, 2.75) is 18.9 Å². The number of hydrogen-bond acceptors (Lipinski definition) is 3. The molecule has 1 N–H and O–H groups in total. The summed E-state index contributed by atoms with van der Waals surface area (Å²) in [6.45, 7) is -0.773. The summed E-state index contributed by atoms with van der Waals surface area (Å²) in [6.07, 6.45) is -10.0. The second-order valence-electron chi connectivity index (χ2n) is 5.62. The second-order valence-corrected chi connectivity index (χ2v) is 5.62. The molecule has 0 bridgehead atoms. The lowest BCUT2D eigenvalue weighted by Crippen LogP contribution is -2.28. The van der Waals surface area contributed by atoms with E-state index in [1.165, 1.54) is 6.07 Å². The Hall–Kier alpha value is -3.22. The van der Waals surface area contributed by atoms with Gasteiger partial charge in [-0.2, -0.15) is 31.6 Å². The molecule has 0 aliphatic heterocycles. The van der Waals surface area contributed by atoms with E-state index in [9.17, 15) is 31.1 Å². The summed E-state index contributed by atoms with van der Waals surface area (Å²) in [4.78, 5) is 11.8. The van der Waals surface area contributed by atoms with E-state index in [2.05, 4.69) is 5.32 Å². The predicted molar refractivity (Wildman–Crippen MR) is 84.9 cm³/mol. The molecule has 0 atom stereocenters. The average Bonchev–Trinajstić information content (AvgIpc) is 2.63. The van der Waals surface area contributed by atoms with Gasteiger partial charge in [0.15, 0.2) is 6.61 Å². The van der Waals surface area contributed by atoms with Gasteiger partial charge < -0.3 is 10.1 Å². The normalized spacial score (nSPS) is 11.6. The van der Waals surface area contributed by atoms with E-state index in [4.69, 9.17) is 10.00 Å². The first-order chi connectivity index (χ1) is 13.0. The SMILES string of the molecule is N#Cc1cccc(CNC(=O)COc2cc(C(F)(F)F)cc(C(F)(F)F)c2)c1. The molecule has 1 amide bonds. The maximum Gasteiger partial charge on any atom is 0.416 e. The van der Waals surface area contributed by atoms with Crippen LogP contribution >= 0.6 is 0 Å². The maximum atomic E-state index is 12.8. The van der Waals surface area contributed by atoms with Gasteiger partial charge in [0.2, 0.25) is 0 Å². The largest absolute Gasteiger partial charge is 0.484 e. The summed E-state index contributed by atoms with van der Waals surface area (Å²) in [7, 11) is 0. The molecule has 0 radical (unpaired) electrons. The third-order valence-electron chi connectivity index (χ3n) is 3.48. The fraction of sp³-hybridized carbons (Fsp3) is 0.222. The van der Waals surface area contributed by atoms with Gasteiger partial charge in [-0.3, -0.25) is 4.79 Å². The number of halogens is 6. The van der Waals surface area contributed by atoms with Crippen LogP contribution in [-0.2, 0) is 23.7 Å².